The predicted octanol–water partition coefficient (Wildman–Crippen LogP) is 1.56. The molecule has 0 aliphatic heterocycles. The summed E-state index contributed by atoms with van der Waals surface area (Å²) >= 11 is 0. The molecule has 1 amide bonds. The van der Waals surface area contributed by atoms with E-state index < -0.39 is 18.0 Å². The molecule has 0 saturated heterocycles. The Morgan fingerprint density at radius 3 is 2.55 bits per heavy atom. The average Bonchev–Trinajstić information content (AvgIpc) is 2.76. The molecular formula is C20H23N5O6. The molecule has 0 spiro atoms. The topological polar surface area (TPSA) is 167 Å². The van der Waals surface area contributed by atoms with Gasteiger partial charge in [0.25, 0.3) is 5.91 Å². The molecule has 11 heteroatoms. The Hall–Kier alpha value is -3.99. The molecule has 0 bridgehead atoms. The molecule has 0 aliphatic carbocycles. The summed E-state index contributed by atoms with van der Waals surface area (Å²) in [5.74, 6) is -1.50. The van der Waals surface area contributed by atoms with Crippen molar-refractivity contribution in [1.82, 2.24) is 20.6 Å². The average molecular weight is 429 g/mol. The van der Waals surface area contributed by atoms with Crippen LogP contribution in [-0.2, 0) is 0 Å². The van der Waals surface area contributed by atoms with E-state index in [0.717, 1.165) is 12.4 Å². The third-order valence-corrected chi connectivity index (χ3v) is 3.84. The van der Waals surface area contributed by atoms with Gasteiger partial charge in [0, 0.05) is 18.7 Å². The van der Waals surface area contributed by atoms with E-state index in [-0.39, 0.29) is 41.1 Å². The second kappa shape index (κ2) is 11.3. The van der Waals surface area contributed by atoms with Crippen molar-refractivity contribution in [2.45, 2.75) is 19.4 Å². The Morgan fingerprint density at radius 1 is 1.23 bits per heavy atom. The summed E-state index contributed by atoms with van der Waals surface area (Å²) in [5.41, 5.74) is -0.107. The summed E-state index contributed by atoms with van der Waals surface area (Å²) < 4.78 is 11.3. The van der Waals surface area contributed by atoms with Crippen molar-refractivity contribution < 1.29 is 29.3 Å². The summed E-state index contributed by atoms with van der Waals surface area (Å²) in [6.45, 7) is 1.62. The van der Waals surface area contributed by atoms with Gasteiger partial charge in [-0.25, -0.2) is 14.8 Å². The highest BCUT2D eigenvalue weighted by Gasteiger charge is 2.15. The lowest BCUT2D eigenvalue weighted by Gasteiger charge is -2.17. The molecule has 2 rings (SSSR count). The number of amides is 1. The minimum absolute atomic E-state index is 0.00686. The summed E-state index contributed by atoms with van der Waals surface area (Å²) in [6.07, 6.45) is 5.08. The molecule has 0 radical (unpaired) electrons. The predicted molar refractivity (Wildman–Crippen MR) is 111 cm³/mol. The van der Waals surface area contributed by atoms with Crippen molar-refractivity contribution in [3.05, 3.63) is 54.1 Å². The number of aromatic carboxylic acids is 1. The Morgan fingerprint density at radius 2 is 1.97 bits per heavy atom. The van der Waals surface area contributed by atoms with Gasteiger partial charge in [-0.05, 0) is 30.8 Å². The number of aromatic nitrogens is 2. The molecule has 5 N–H and O–H groups in total. The number of nitrogens with zero attached hydrogens (tertiary/aromatic N) is 2. The molecule has 0 aliphatic rings. The van der Waals surface area contributed by atoms with Crippen LogP contribution in [0.4, 0.5) is 0 Å². The van der Waals surface area contributed by atoms with Gasteiger partial charge in [-0.3, -0.25) is 10.2 Å². The van der Waals surface area contributed by atoms with Crippen molar-refractivity contribution in [3.63, 3.8) is 0 Å². The van der Waals surface area contributed by atoms with Crippen molar-refractivity contribution in [1.29, 1.82) is 5.41 Å². The van der Waals surface area contributed by atoms with Gasteiger partial charge in [0.05, 0.1) is 19.0 Å². The molecule has 2 aromatic rings. The SMILES string of the molecule is CCC(CO)Oc1cc(Oc2cnc(C(=O)O)cn2)cc(C(=O)NC(=N)/C=C\NC)c1. The molecule has 164 valence electrons. The van der Waals surface area contributed by atoms with Crippen LogP contribution in [0, 0.1) is 5.41 Å². The lowest BCUT2D eigenvalue weighted by atomic mass is 10.1. The number of amidine groups is 1. The number of carbonyl (C=O) groups is 2. The number of benzene rings is 1. The van der Waals surface area contributed by atoms with E-state index in [2.05, 4.69) is 20.6 Å². The summed E-state index contributed by atoms with van der Waals surface area (Å²) in [6, 6.07) is 4.35. The number of rotatable bonds is 10. The maximum Gasteiger partial charge on any atom is 0.356 e. The molecule has 31 heavy (non-hydrogen) atoms. The van der Waals surface area contributed by atoms with Crippen molar-refractivity contribution >= 4 is 17.7 Å². The first kappa shape index (κ1) is 23.3. The molecule has 1 heterocycles. The minimum Gasteiger partial charge on any atom is -0.488 e. The quantitative estimate of drug-likeness (QED) is 0.278. The van der Waals surface area contributed by atoms with Crippen molar-refractivity contribution in [2.75, 3.05) is 13.7 Å². The molecule has 1 atom stereocenters. The zero-order valence-corrected chi connectivity index (χ0v) is 17.0. The van der Waals surface area contributed by atoms with Gasteiger partial charge in [-0.2, -0.15) is 0 Å². The largest absolute Gasteiger partial charge is 0.488 e. The van der Waals surface area contributed by atoms with Gasteiger partial charge < -0.3 is 30.3 Å². The Labute approximate surface area is 178 Å². The Bertz CT molecular complexity index is 957. The molecule has 1 unspecified atom stereocenters. The third-order valence-electron chi connectivity index (χ3n) is 3.84. The zero-order chi connectivity index (χ0) is 22.8. The van der Waals surface area contributed by atoms with E-state index in [1.54, 1.807) is 7.05 Å². The Kier molecular flexibility index (Phi) is 8.46. The number of carboxylic acid groups (broad SMARTS) is 1. The number of nitrogens with one attached hydrogen (secondary N) is 3. The van der Waals surface area contributed by atoms with Crippen LogP contribution in [0.15, 0.2) is 42.9 Å². The first-order chi connectivity index (χ1) is 14.9. The number of aliphatic hydroxyl groups is 1. The van der Waals surface area contributed by atoms with Crippen molar-refractivity contribution in [2.24, 2.45) is 0 Å². The van der Waals surface area contributed by atoms with Gasteiger partial charge in [0.2, 0.25) is 5.88 Å². The number of carbonyl (C=O) groups excluding carboxylic acids is 1. The van der Waals surface area contributed by atoms with Gasteiger partial charge in [0.15, 0.2) is 5.69 Å². The van der Waals surface area contributed by atoms with E-state index in [1.807, 2.05) is 6.92 Å². The van der Waals surface area contributed by atoms with Crippen LogP contribution in [0.1, 0.15) is 34.2 Å². The van der Waals surface area contributed by atoms with Gasteiger partial charge in [-0.1, -0.05) is 6.92 Å². The second-order valence-corrected chi connectivity index (χ2v) is 6.16. The van der Waals surface area contributed by atoms with Crippen LogP contribution < -0.4 is 20.1 Å². The lowest BCUT2D eigenvalue weighted by Crippen LogP contribution is -2.28. The second-order valence-electron chi connectivity index (χ2n) is 6.16. The fourth-order valence-electron chi connectivity index (χ4n) is 2.27. The van der Waals surface area contributed by atoms with E-state index in [0.29, 0.717) is 6.42 Å². The lowest BCUT2D eigenvalue weighted by molar-refractivity contribution is 0.0689. The zero-order valence-electron chi connectivity index (χ0n) is 17.0. The first-order valence-electron chi connectivity index (χ1n) is 9.25. The molecule has 11 nitrogen and oxygen atoms in total. The molecule has 1 aromatic carbocycles. The van der Waals surface area contributed by atoms with E-state index >= 15 is 0 Å². The highest BCUT2D eigenvalue weighted by Crippen LogP contribution is 2.27. The van der Waals surface area contributed by atoms with Crippen molar-refractivity contribution in [3.8, 4) is 17.4 Å². The fourth-order valence-corrected chi connectivity index (χ4v) is 2.27. The number of aliphatic hydroxyl groups excluding tert-OH is 1. The molecule has 1 aromatic heterocycles. The monoisotopic (exact) mass is 429 g/mol. The van der Waals surface area contributed by atoms with E-state index in [9.17, 15) is 14.7 Å². The van der Waals surface area contributed by atoms with Crippen LogP contribution in [0.2, 0.25) is 0 Å². The standard InChI is InChI=1S/C20H23N5O6/c1-3-13(11-26)30-14-6-12(19(27)25-17(21)4-5-22-2)7-15(8-14)31-18-10-23-16(9-24-18)20(28)29/h4-10,13,22,26H,3,11H2,1-2H3,(H,28,29)(H2,21,25,27)/b5-4-. The van der Waals surface area contributed by atoms with Gasteiger partial charge in [-0.15, -0.1) is 0 Å². The molecule has 0 saturated carbocycles. The molecular weight excluding hydrogens is 406 g/mol. The first-order valence-corrected chi connectivity index (χ1v) is 9.25. The highest BCUT2D eigenvalue weighted by molar-refractivity contribution is 6.09. The van der Waals surface area contributed by atoms with Crippen LogP contribution in [0.25, 0.3) is 0 Å². The normalized spacial score (nSPS) is 11.6. The van der Waals surface area contributed by atoms with Gasteiger partial charge in [0.1, 0.15) is 23.4 Å². The number of hydrogen-bond acceptors (Lipinski definition) is 9. The maximum absolute atomic E-state index is 12.6. The van der Waals surface area contributed by atoms with E-state index in [4.69, 9.17) is 20.0 Å². The summed E-state index contributed by atoms with van der Waals surface area (Å²) in [5, 5.41) is 31.2. The van der Waals surface area contributed by atoms with E-state index in [1.165, 1.54) is 30.5 Å². The smallest absolute Gasteiger partial charge is 0.356 e. The van der Waals surface area contributed by atoms with Crippen LogP contribution in [0.5, 0.6) is 17.4 Å². The minimum atomic E-state index is -1.22. The van der Waals surface area contributed by atoms with Crippen LogP contribution in [-0.4, -0.2) is 57.7 Å². The molecule has 0 fully saturated rings. The summed E-state index contributed by atoms with van der Waals surface area (Å²) in [4.78, 5) is 31.1. The van der Waals surface area contributed by atoms with Gasteiger partial charge >= 0.3 is 5.97 Å². The fraction of sp³-hybridized carbons (Fsp3) is 0.250. The number of ether oxygens (including phenoxy) is 2. The highest BCUT2D eigenvalue weighted by atomic mass is 16.5. The number of carboxylic acids is 1. The maximum atomic E-state index is 12.6. The van der Waals surface area contributed by atoms with Crippen LogP contribution in [0.3, 0.4) is 0 Å². The Balaban J connectivity index is 2.31. The number of hydrogen-bond donors (Lipinski definition) is 5. The third kappa shape index (κ3) is 7.08. The summed E-state index contributed by atoms with van der Waals surface area (Å²) in [7, 11) is 1.66. The van der Waals surface area contributed by atoms with Crippen LogP contribution >= 0.6 is 0 Å².